The Morgan fingerprint density at radius 2 is 1.32 bits per heavy atom. The monoisotopic (exact) mass is 583 g/mol. The molecule has 0 aliphatic heterocycles. The second kappa shape index (κ2) is 12.4. The Morgan fingerprint density at radius 3 is 1.74 bits per heavy atom. The fraction of sp³-hybridized carbons (Fsp3) is 0.333. The zero-order chi connectivity index (χ0) is 22.9. The van der Waals surface area contributed by atoms with E-state index >= 15 is 0 Å². The van der Waals surface area contributed by atoms with Crippen molar-refractivity contribution in [2.45, 2.75) is 65.3 Å². The molecule has 0 nitrogen and oxygen atoms in total. The van der Waals surface area contributed by atoms with E-state index in [0.717, 1.165) is 25.7 Å². The molecule has 0 heterocycles. The Hall–Kier alpha value is -0.920. The quantitative estimate of drug-likeness (QED) is 0.419. The first kappa shape index (κ1) is 29.3. The number of halogens is 2. The number of allylic oxidation sites excluding steroid dienone is 8. The predicted octanol–water partition coefficient (Wildman–Crippen LogP) is 0.621. The van der Waals surface area contributed by atoms with Crippen LogP contribution in [-0.4, -0.2) is 8.80 Å². The Labute approximate surface area is 236 Å². The molecule has 0 bridgehead atoms. The van der Waals surface area contributed by atoms with Crippen molar-refractivity contribution in [2.75, 3.05) is 0 Å². The van der Waals surface area contributed by atoms with Gasteiger partial charge in [0.25, 0.3) is 0 Å². The van der Waals surface area contributed by atoms with Crippen molar-refractivity contribution in [1.29, 1.82) is 0 Å². The van der Waals surface area contributed by atoms with Gasteiger partial charge in [-0.15, -0.1) is 0 Å². The molecule has 2 aromatic carbocycles. The van der Waals surface area contributed by atoms with Gasteiger partial charge in [-0.05, 0) is 0 Å². The Bertz CT molecular complexity index is 1110. The van der Waals surface area contributed by atoms with E-state index in [1.54, 1.807) is 60.7 Å². The molecule has 0 N–H and O–H groups in total. The van der Waals surface area contributed by atoms with Crippen LogP contribution < -0.4 is 35.2 Å². The zero-order valence-electron chi connectivity index (χ0n) is 21.0. The van der Waals surface area contributed by atoms with Crippen LogP contribution in [0, 0.1) is 13.8 Å². The van der Waals surface area contributed by atoms with Crippen molar-refractivity contribution >= 4 is 19.2 Å². The molecule has 0 amide bonds. The molecule has 0 fully saturated rings. The summed E-state index contributed by atoms with van der Waals surface area (Å²) in [5.74, 6) is 0. The minimum atomic E-state index is -1.71. The summed E-state index contributed by atoms with van der Waals surface area (Å²) in [5.41, 5.74) is 9.66. The standard InChI is InChI=1S/C30H35Si.2ClH.Zr/c1-6-24-21-30(25-17-11-12-18-25,27(8-3)26(24)7-2)31(28-19-13-9-15-22(28)4)29-20-14-10-16-23(29)5;;;/h9-17,19-20,31H,6-8,18H2,1-5H3;2*1H;/q;;;+2/p-2. The van der Waals surface area contributed by atoms with Gasteiger partial charge >= 0.3 is 213 Å². The third-order valence-electron chi connectivity index (χ3n) is 7.67. The van der Waals surface area contributed by atoms with Crippen molar-refractivity contribution in [2.24, 2.45) is 0 Å². The van der Waals surface area contributed by atoms with E-state index in [2.05, 4.69) is 101 Å². The third-order valence-corrected chi connectivity index (χ3v) is 14.5. The Kier molecular flexibility index (Phi) is 10.7. The number of hydrogen-bond donors (Lipinski definition) is 0. The molecule has 177 valence electrons. The van der Waals surface area contributed by atoms with Gasteiger partial charge in [-0.1, -0.05) is 0 Å². The van der Waals surface area contributed by atoms with Gasteiger partial charge in [0.1, 0.15) is 0 Å². The van der Waals surface area contributed by atoms with Crippen LogP contribution in [0.5, 0.6) is 0 Å². The number of hydrogen-bond acceptors (Lipinski definition) is 0. The summed E-state index contributed by atoms with van der Waals surface area (Å²) >= 11 is 1.60. The molecule has 2 aliphatic rings. The summed E-state index contributed by atoms with van der Waals surface area (Å²) in [6.45, 7) is 11.8. The smallest absolute Gasteiger partial charge is 1.00 e. The molecule has 0 radical (unpaired) electrons. The summed E-state index contributed by atoms with van der Waals surface area (Å²) in [5, 5.41) is 3.33. The fourth-order valence-corrected chi connectivity index (χ4v) is 13.7. The normalized spacial score (nSPS) is 19.5. The summed E-state index contributed by atoms with van der Waals surface area (Å²) in [4.78, 5) is 0. The van der Waals surface area contributed by atoms with Crippen LogP contribution in [0.15, 0.2) is 92.3 Å². The maximum atomic E-state index is 2.47. The number of rotatable bonds is 7. The molecular formula is C30H35Cl2SiZr. The van der Waals surface area contributed by atoms with Crippen molar-refractivity contribution in [1.82, 2.24) is 0 Å². The SMILES string of the molecule is CCC1=[C]([Zr+2])C(C2=CC=CC2)([SiH](c2ccccc2C)c2ccccc2C)C(CC)=C1CC.[Cl-].[Cl-]. The summed E-state index contributed by atoms with van der Waals surface area (Å²) < 4.78 is 1.74. The second-order valence-corrected chi connectivity index (χ2v) is 13.4. The Morgan fingerprint density at radius 1 is 0.794 bits per heavy atom. The Balaban J connectivity index is 0.00000204. The van der Waals surface area contributed by atoms with Gasteiger partial charge in [-0.2, -0.15) is 0 Å². The van der Waals surface area contributed by atoms with Gasteiger partial charge in [0.2, 0.25) is 0 Å². The van der Waals surface area contributed by atoms with Crippen LogP contribution in [-0.2, 0) is 24.7 Å². The van der Waals surface area contributed by atoms with Gasteiger partial charge in [-0.25, -0.2) is 0 Å². The molecule has 2 aromatic rings. The van der Waals surface area contributed by atoms with E-state index in [9.17, 15) is 0 Å². The summed E-state index contributed by atoms with van der Waals surface area (Å²) in [7, 11) is -1.71. The summed E-state index contributed by atoms with van der Waals surface area (Å²) in [6, 6.07) is 18.5. The van der Waals surface area contributed by atoms with Crippen molar-refractivity contribution in [3.63, 3.8) is 0 Å². The van der Waals surface area contributed by atoms with Crippen molar-refractivity contribution in [3.8, 4) is 0 Å². The molecule has 0 saturated heterocycles. The maximum absolute atomic E-state index is 2.47. The number of aryl methyl sites for hydroxylation is 2. The predicted molar refractivity (Wildman–Crippen MR) is 138 cm³/mol. The van der Waals surface area contributed by atoms with E-state index in [4.69, 9.17) is 0 Å². The zero-order valence-corrected chi connectivity index (χ0v) is 26.1. The van der Waals surface area contributed by atoms with Crippen LogP contribution in [0.3, 0.4) is 0 Å². The molecule has 2 aliphatic carbocycles. The molecular weight excluding hydrogens is 551 g/mol. The molecule has 1 atom stereocenters. The number of benzene rings is 2. The van der Waals surface area contributed by atoms with Crippen LogP contribution >= 0.6 is 0 Å². The van der Waals surface area contributed by atoms with Gasteiger partial charge in [0.05, 0.1) is 0 Å². The molecule has 0 spiro atoms. The van der Waals surface area contributed by atoms with Gasteiger partial charge in [0.15, 0.2) is 0 Å². The first-order valence-corrected chi connectivity index (χ1v) is 15.1. The van der Waals surface area contributed by atoms with E-state index in [1.807, 2.05) is 0 Å². The van der Waals surface area contributed by atoms with Crippen molar-refractivity contribution in [3.05, 3.63) is 103 Å². The van der Waals surface area contributed by atoms with Crippen LogP contribution in [0.4, 0.5) is 0 Å². The first-order valence-electron chi connectivity index (χ1n) is 12.2. The first-order chi connectivity index (χ1) is 15.5. The average molecular weight is 586 g/mol. The van der Waals surface area contributed by atoms with Gasteiger partial charge in [-0.3, -0.25) is 0 Å². The minimum absolute atomic E-state index is 0. The molecule has 34 heavy (non-hydrogen) atoms. The second-order valence-electron chi connectivity index (χ2n) is 9.15. The molecule has 4 heteroatoms. The van der Waals surface area contributed by atoms with Crippen LogP contribution in [0.25, 0.3) is 0 Å². The molecule has 0 aromatic heterocycles. The van der Waals surface area contributed by atoms with Gasteiger partial charge < -0.3 is 24.8 Å². The average Bonchev–Trinajstić information content (AvgIpc) is 3.42. The topological polar surface area (TPSA) is 0 Å². The molecule has 0 saturated carbocycles. The largest absolute Gasteiger partial charge is 1.00 e. The third kappa shape index (κ3) is 4.61. The molecule has 4 rings (SSSR count). The van der Waals surface area contributed by atoms with Crippen molar-refractivity contribution < 1.29 is 49.5 Å². The summed E-state index contributed by atoms with van der Waals surface area (Å²) in [6.07, 6.45) is 11.7. The van der Waals surface area contributed by atoms with Gasteiger partial charge in [0, 0.05) is 0 Å². The maximum Gasteiger partial charge on any atom is -1.00 e. The van der Waals surface area contributed by atoms with E-state index in [-0.39, 0.29) is 29.9 Å². The molecule has 1 unspecified atom stereocenters. The van der Waals surface area contributed by atoms with Crippen LogP contribution in [0.1, 0.15) is 57.6 Å². The fourth-order valence-electron chi connectivity index (χ4n) is 6.32. The van der Waals surface area contributed by atoms with E-state index in [1.165, 1.54) is 11.1 Å². The van der Waals surface area contributed by atoms with E-state index < -0.39 is 8.80 Å². The minimum Gasteiger partial charge on any atom is -1.00 e. The van der Waals surface area contributed by atoms with E-state index in [0.29, 0.717) is 0 Å². The van der Waals surface area contributed by atoms with Crippen LogP contribution in [0.2, 0.25) is 5.04 Å².